The molecule has 0 saturated carbocycles. The molecule has 1 N–H and O–H groups in total. The molecule has 1 rings (SSSR count). The maximum atomic E-state index is 11.7. The average Bonchev–Trinajstić information content (AvgIpc) is 2.33. The van der Waals surface area contributed by atoms with Crippen molar-refractivity contribution in [3.05, 3.63) is 59.3 Å². The van der Waals surface area contributed by atoms with Gasteiger partial charge in [-0.15, -0.1) is 0 Å². The lowest BCUT2D eigenvalue weighted by atomic mass is 9.96. The van der Waals surface area contributed by atoms with Crippen molar-refractivity contribution in [1.82, 2.24) is 5.32 Å². The summed E-state index contributed by atoms with van der Waals surface area (Å²) in [5.41, 5.74) is 2.75. The highest BCUT2D eigenvalue weighted by molar-refractivity contribution is 6.17. The second-order valence-corrected chi connectivity index (χ2v) is 4.00. The van der Waals surface area contributed by atoms with E-state index in [1.54, 1.807) is 38.2 Å². The summed E-state index contributed by atoms with van der Waals surface area (Å²) in [6.07, 6.45) is 8.77. The molecule has 1 aliphatic rings. The molecular formula is C15H17NO2. The number of nitrogens with one attached hydrogen (secondary N) is 1. The number of imide groups is 1. The quantitative estimate of drug-likeness (QED) is 0.470. The number of carbonyl (C=O) groups excluding carboxylic acids is 2. The normalized spacial score (nSPS) is 19.7. The second kappa shape index (κ2) is 5.96. The Hall–Kier alpha value is -2.16. The number of hydrogen-bond donors (Lipinski definition) is 1. The Kier molecular flexibility index (Phi) is 4.60. The minimum atomic E-state index is -0.357. The Bertz CT molecular complexity index is 517. The predicted molar refractivity (Wildman–Crippen MR) is 72.7 cm³/mol. The minimum Gasteiger partial charge on any atom is -0.288 e. The van der Waals surface area contributed by atoms with E-state index >= 15 is 0 Å². The third-order valence-corrected chi connectivity index (χ3v) is 2.76. The fourth-order valence-electron chi connectivity index (χ4n) is 1.64. The van der Waals surface area contributed by atoms with E-state index < -0.39 is 0 Å². The Labute approximate surface area is 107 Å². The number of hydrogen-bond acceptors (Lipinski definition) is 2. The van der Waals surface area contributed by atoms with Gasteiger partial charge in [0.05, 0.1) is 0 Å². The van der Waals surface area contributed by atoms with Gasteiger partial charge in [0, 0.05) is 11.1 Å². The SMILES string of the molecule is C=C/C(C)=C/C=C\C1=C(C)C(=C\C)/C(=O)NC1=O. The fourth-order valence-corrected chi connectivity index (χ4v) is 1.64. The maximum absolute atomic E-state index is 11.7. The van der Waals surface area contributed by atoms with Crippen molar-refractivity contribution >= 4 is 11.8 Å². The largest absolute Gasteiger partial charge is 0.288 e. The first kappa shape index (κ1) is 13.9. The van der Waals surface area contributed by atoms with Crippen LogP contribution in [0, 0.1) is 0 Å². The minimum absolute atomic E-state index is 0.338. The summed E-state index contributed by atoms with van der Waals surface area (Å²) in [5.74, 6) is -0.695. The molecule has 1 aliphatic heterocycles. The van der Waals surface area contributed by atoms with E-state index in [0.717, 1.165) is 5.57 Å². The van der Waals surface area contributed by atoms with E-state index in [-0.39, 0.29) is 11.8 Å². The molecule has 3 nitrogen and oxygen atoms in total. The molecule has 0 saturated heterocycles. The Balaban J connectivity index is 3.13. The zero-order valence-electron chi connectivity index (χ0n) is 10.9. The van der Waals surface area contributed by atoms with Crippen molar-refractivity contribution in [3.63, 3.8) is 0 Å². The lowest BCUT2D eigenvalue weighted by Crippen LogP contribution is -2.37. The van der Waals surface area contributed by atoms with Crippen LogP contribution in [0.2, 0.25) is 0 Å². The van der Waals surface area contributed by atoms with E-state index in [1.807, 2.05) is 13.0 Å². The molecule has 0 aromatic carbocycles. The highest BCUT2D eigenvalue weighted by atomic mass is 16.2. The molecule has 1 heterocycles. The van der Waals surface area contributed by atoms with Crippen LogP contribution in [0.5, 0.6) is 0 Å². The van der Waals surface area contributed by atoms with Crippen LogP contribution in [-0.2, 0) is 9.59 Å². The van der Waals surface area contributed by atoms with Gasteiger partial charge in [0.25, 0.3) is 11.8 Å². The van der Waals surface area contributed by atoms with Gasteiger partial charge in [-0.25, -0.2) is 0 Å². The summed E-state index contributed by atoms with van der Waals surface area (Å²) < 4.78 is 0. The van der Waals surface area contributed by atoms with Gasteiger partial charge in [-0.1, -0.05) is 36.5 Å². The van der Waals surface area contributed by atoms with Gasteiger partial charge in [0.15, 0.2) is 0 Å². The summed E-state index contributed by atoms with van der Waals surface area (Å²) in [6.45, 7) is 9.11. The van der Waals surface area contributed by atoms with E-state index in [2.05, 4.69) is 11.9 Å². The first-order valence-electron chi connectivity index (χ1n) is 5.72. The molecule has 3 heteroatoms. The number of rotatable bonds is 3. The van der Waals surface area contributed by atoms with Gasteiger partial charge in [-0.2, -0.15) is 0 Å². The van der Waals surface area contributed by atoms with Crippen molar-refractivity contribution in [3.8, 4) is 0 Å². The molecule has 0 spiro atoms. The van der Waals surface area contributed by atoms with E-state index in [4.69, 9.17) is 0 Å². The summed E-state index contributed by atoms with van der Waals surface area (Å²) >= 11 is 0. The molecule has 94 valence electrons. The van der Waals surface area contributed by atoms with Gasteiger partial charge in [0.1, 0.15) is 0 Å². The number of allylic oxidation sites excluding steroid dienone is 5. The fraction of sp³-hybridized carbons (Fsp3) is 0.200. The number of amides is 2. The van der Waals surface area contributed by atoms with Gasteiger partial charge >= 0.3 is 0 Å². The van der Waals surface area contributed by atoms with Crippen LogP contribution in [0.25, 0.3) is 0 Å². The predicted octanol–water partition coefficient (Wildman–Crippen LogP) is 2.59. The summed E-state index contributed by atoms with van der Waals surface area (Å²) in [7, 11) is 0. The molecule has 0 fully saturated rings. The first-order valence-corrected chi connectivity index (χ1v) is 5.72. The molecule has 18 heavy (non-hydrogen) atoms. The monoisotopic (exact) mass is 243 g/mol. The zero-order valence-corrected chi connectivity index (χ0v) is 10.9. The van der Waals surface area contributed by atoms with E-state index in [0.29, 0.717) is 16.7 Å². The van der Waals surface area contributed by atoms with Crippen LogP contribution in [0.15, 0.2) is 59.3 Å². The molecule has 0 radical (unpaired) electrons. The van der Waals surface area contributed by atoms with E-state index in [1.165, 1.54) is 0 Å². The first-order chi connectivity index (χ1) is 8.51. The van der Waals surface area contributed by atoms with Crippen LogP contribution in [0.3, 0.4) is 0 Å². The molecule has 0 atom stereocenters. The number of carbonyl (C=O) groups is 2. The third-order valence-electron chi connectivity index (χ3n) is 2.76. The van der Waals surface area contributed by atoms with Crippen LogP contribution in [0.4, 0.5) is 0 Å². The summed E-state index contributed by atoms with van der Waals surface area (Å²) in [6, 6.07) is 0. The topological polar surface area (TPSA) is 46.2 Å². The summed E-state index contributed by atoms with van der Waals surface area (Å²) in [5, 5.41) is 2.32. The maximum Gasteiger partial charge on any atom is 0.258 e. The highest BCUT2D eigenvalue weighted by Crippen LogP contribution is 2.20. The highest BCUT2D eigenvalue weighted by Gasteiger charge is 2.24. The van der Waals surface area contributed by atoms with Crippen molar-refractivity contribution in [2.24, 2.45) is 0 Å². The van der Waals surface area contributed by atoms with Crippen molar-refractivity contribution in [1.29, 1.82) is 0 Å². The summed E-state index contributed by atoms with van der Waals surface area (Å²) in [4.78, 5) is 23.2. The molecular weight excluding hydrogens is 226 g/mol. The van der Waals surface area contributed by atoms with Crippen molar-refractivity contribution in [2.45, 2.75) is 20.8 Å². The Morgan fingerprint density at radius 3 is 2.50 bits per heavy atom. The molecule has 0 aromatic heterocycles. The lowest BCUT2D eigenvalue weighted by Gasteiger charge is -2.17. The molecule has 0 aromatic rings. The van der Waals surface area contributed by atoms with Crippen LogP contribution in [0.1, 0.15) is 20.8 Å². The average molecular weight is 243 g/mol. The zero-order chi connectivity index (χ0) is 13.7. The Morgan fingerprint density at radius 2 is 1.94 bits per heavy atom. The van der Waals surface area contributed by atoms with Gasteiger partial charge in [0.2, 0.25) is 0 Å². The van der Waals surface area contributed by atoms with Crippen LogP contribution >= 0.6 is 0 Å². The molecule has 0 aliphatic carbocycles. The van der Waals surface area contributed by atoms with Gasteiger partial charge in [-0.3, -0.25) is 14.9 Å². The molecule has 0 unspecified atom stereocenters. The lowest BCUT2D eigenvalue weighted by molar-refractivity contribution is -0.126. The standard InChI is InChI=1S/C15H17NO2/c1-5-10(3)8-7-9-13-11(4)12(6-2)14(17)16-15(13)18/h5-9H,1H2,2-4H3,(H,16,17,18)/b9-7-,10-8+,12-6+. The van der Waals surface area contributed by atoms with Crippen LogP contribution < -0.4 is 5.32 Å². The van der Waals surface area contributed by atoms with Gasteiger partial charge < -0.3 is 0 Å². The molecule has 0 bridgehead atoms. The Morgan fingerprint density at radius 1 is 1.28 bits per heavy atom. The third kappa shape index (κ3) is 2.94. The smallest absolute Gasteiger partial charge is 0.258 e. The van der Waals surface area contributed by atoms with Crippen LogP contribution in [-0.4, -0.2) is 11.8 Å². The van der Waals surface area contributed by atoms with Crippen molar-refractivity contribution < 1.29 is 9.59 Å². The molecule has 2 amide bonds. The van der Waals surface area contributed by atoms with E-state index in [9.17, 15) is 9.59 Å². The second-order valence-electron chi connectivity index (χ2n) is 4.00. The van der Waals surface area contributed by atoms with Crippen molar-refractivity contribution in [2.75, 3.05) is 0 Å². The van der Waals surface area contributed by atoms with Gasteiger partial charge in [-0.05, 0) is 32.4 Å².